The molecule has 1 unspecified atom stereocenters. The highest BCUT2D eigenvalue weighted by Crippen LogP contribution is 2.29. The van der Waals surface area contributed by atoms with Gasteiger partial charge in [0, 0.05) is 25.1 Å². The second-order valence-electron chi connectivity index (χ2n) is 4.97. The van der Waals surface area contributed by atoms with Gasteiger partial charge >= 0.3 is 12.0 Å². The number of likely N-dealkylation sites (tertiary alicyclic amines) is 1. The number of carboxylic acid groups (broad SMARTS) is 1. The number of nitrogens with zero attached hydrogens (tertiary/aromatic N) is 1. The SMILES string of the molecule is CC(C(=O)O)C1CN(C(=O)Nc2c(F)cc(F)cc2Cl)C1. The van der Waals surface area contributed by atoms with Crippen molar-refractivity contribution in [2.24, 2.45) is 11.8 Å². The molecular formula is C13H13ClF2N2O3. The molecule has 1 heterocycles. The highest BCUT2D eigenvalue weighted by molar-refractivity contribution is 6.33. The number of anilines is 1. The molecule has 2 N–H and O–H groups in total. The van der Waals surface area contributed by atoms with Crippen LogP contribution in [-0.2, 0) is 4.79 Å². The Morgan fingerprint density at radius 3 is 2.57 bits per heavy atom. The van der Waals surface area contributed by atoms with Gasteiger partial charge in [-0.15, -0.1) is 0 Å². The maximum absolute atomic E-state index is 13.5. The Hall–Kier alpha value is -1.89. The lowest BCUT2D eigenvalue weighted by atomic mass is 9.87. The number of aliphatic carboxylic acids is 1. The monoisotopic (exact) mass is 318 g/mol. The lowest BCUT2D eigenvalue weighted by molar-refractivity contribution is -0.144. The van der Waals surface area contributed by atoms with Crippen molar-refractivity contribution in [1.82, 2.24) is 4.90 Å². The summed E-state index contributed by atoms with van der Waals surface area (Å²) < 4.78 is 26.4. The largest absolute Gasteiger partial charge is 0.481 e. The predicted octanol–water partition coefficient (Wildman–Crippen LogP) is 2.80. The third-order valence-electron chi connectivity index (χ3n) is 3.53. The average molecular weight is 319 g/mol. The summed E-state index contributed by atoms with van der Waals surface area (Å²) >= 11 is 5.67. The number of carbonyl (C=O) groups is 2. The summed E-state index contributed by atoms with van der Waals surface area (Å²) in [7, 11) is 0. The zero-order valence-corrected chi connectivity index (χ0v) is 11.8. The molecule has 1 atom stereocenters. The molecule has 0 aromatic heterocycles. The fourth-order valence-electron chi connectivity index (χ4n) is 2.04. The first-order valence-electron chi connectivity index (χ1n) is 6.23. The van der Waals surface area contributed by atoms with Gasteiger partial charge in [0.1, 0.15) is 5.82 Å². The van der Waals surface area contributed by atoms with Gasteiger partial charge in [-0.1, -0.05) is 18.5 Å². The fraction of sp³-hybridized carbons (Fsp3) is 0.385. The standard InChI is InChI=1S/C13H13ClF2N2O3/c1-6(12(19)20)7-4-18(5-7)13(21)17-11-9(14)2-8(15)3-10(11)16/h2-3,6-7H,4-5H2,1H3,(H,17,21)(H,19,20). The minimum absolute atomic E-state index is 0.137. The number of halogens is 3. The van der Waals surface area contributed by atoms with E-state index < -0.39 is 29.6 Å². The number of urea groups is 1. The van der Waals surface area contributed by atoms with E-state index in [1.165, 1.54) is 4.90 Å². The van der Waals surface area contributed by atoms with E-state index in [1.807, 2.05) is 0 Å². The molecule has 1 aromatic rings. The van der Waals surface area contributed by atoms with Crippen LogP contribution in [-0.4, -0.2) is 35.1 Å². The number of hydrogen-bond acceptors (Lipinski definition) is 2. The van der Waals surface area contributed by atoms with Crippen LogP contribution >= 0.6 is 11.6 Å². The van der Waals surface area contributed by atoms with Gasteiger partial charge in [-0.05, 0) is 6.07 Å². The molecule has 1 aliphatic heterocycles. The normalized spacial score (nSPS) is 16.3. The molecule has 0 spiro atoms. The van der Waals surface area contributed by atoms with E-state index in [0.717, 1.165) is 6.07 Å². The Morgan fingerprint density at radius 2 is 2.05 bits per heavy atom. The van der Waals surface area contributed by atoms with E-state index in [4.69, 9.17) is 16.7 Å². The molecule has 1 saturated heterocycles. The average Bonchev–Trinajstić information content (AvgIpc) is 2.31. The van der Waals surface area contributed by atoms with Crippen molar-refractivity contribution in [3.63, 3.8) is 0 Å². The molecule has 5 nitrogen and oxygen atoms in total. The van der Waals surface area contributed by atoms with Crippen LogP contribution in [0.3, 0.4) is 0 Å². The maximum Gasteiger partial charge on any atom is 0.321 e. The molecule has 114 valence electrons. The predicted molar refractivity (Wildman–Crippen MR) is 72.2 cm³/mol. The van der Waals surface area contributed by atoms with Gasteiger partial charge in [0.2, 0.25) is 0 Å². The number of carbonyl (C=O) groups excluding carboxylic acids is 1. The first kappa shape index (κ1) is 15.5. The van der Waals surface area contributed by atoms with Gasteiger partial charge in [0.15, 0.2) is 5.82 Å². The van der Waals surface area contributed by atoms with E-state index in [1.54, 1.807) is 6.92 Å². The molecule has 2 rings (SSSR count). The summed E-state index contributed by atoms with van der Waals surface area (Å²) in [6.45, 7) is 2.10. The van der Waals surface area contributed by atoms with Gasteiger partial charge in [0.05, 0.1) is 16.6 Å². The van der Waals surface area contributed by atoms with Gasteiger partial charge in [-0.2, -0.15) is 0 Å². The van der Waals surface area contributed by atoms with Crippen molar-refractivity contribution in [2.45, 2.75) is 6.92 Å². The lowest BCUT2D eigenvalue weighted by Gasteiger charge is -2.41. The van der Waals surface area contributed by atoms with E-state index >= 15 is 0 Å². The number of nitrogens with one attached hydrogen (secondary N) is 1. The Bertz CT molecular complexity index is 568. The molecule has 8 heteroatoms. The zero-order valence-electron chi connectivity index (χ0n) is 11.1. The van der Waals surface area contributed by atoms with Gasteiger partial charge < -0.3 is 15.3 Å². The van der Waals surface area contributed by atoms with Crippen LogP contribution in [0.15, 0.2) is 12.1 Å². The molecule has 2 amide bonds. The van der Waals surface area contributed by atoms with Crippen molar-refractivity contribution >= 4 is 29.3 Å². The zero-order chi connectivity index (χ0) is 15.7. The second-order valence-corrected chi connectivity index (χ2v) is 5.37. The molecule has 21 heavy (non-hydrogen) atoms. The van der Waals surface area contributed by atoms with Crippen molar-refractivity contribution < 1.29 is 23.5 Å². The smallest absolute Gasteiger partial charge is 0.321 e. The van der Waals surface area contributed by atoms with Crippen LogP contribution in [0.25, 0.3) is 0 Å². The molecule has 0 bridgehead atoms. The summed E-state index contributed by atoms with van der Waals surface area (Å²) in [6, 6.07) is 0.912. The van der Waals surface area contributed by atoms with Crippen LogP contribution in [0.2, 0.25) is 5.02 Å². The fourth-order valence-corrected chi connectivity index (χ4v) is 2.29. The Labute approximate surface area is 124 Å². The van der Waals surface area contributed by atoms with Gasteiger partial charge in [-0.25, -0.2) is 13.6 Å². The minimum Gasteiger partial charge on any atom is -0.481 e. The third-order valence-corrected chi connectivity index (χ3v) is 3.83. The highest BCUT2D eigenvalue weighted by atomic mass is 35.5. The van der Waals surface area contributed by atoms with Crippen molar-refractivity contribution in [3.05, 3.63) is 28.8 Å². The van der Waals surface area contributed by atoms with E-state index in [0.29, 0.717) is 6.07 Å². The molecular weight excluding hydrogens is 306 g/mol. The number of benzene rings is 1. The molecule has 0 radical (unpaired) electrons. The Morgan fingerprint density at radius 1 is 1.43 bits per heavy atom. The van der Waals surface area contributed by atoms with Crippen molar-refractivity contribution in [1.29, 1.82) is 0 Å². The van der Waals surface area contributed by atoms with Gasteiger partial charge in [0.25, 0.3) is 0 Å². The summed E-state index contributed by atoms with van der Waals surface area (Å²) in [5, 5.41) is 10.9. The summed E-state index contributed by atoms with van der Waals surface area (Å²) in [5.41, 5.74) is -0.294. The highest BCUT2D eigenvalue weighted by Gasteiger charge is 2.37. The molecule has 0 saturated carbocycles. The van der Waals surface area contributed by atoms with Crippen LogP contribution in [0.4, 0.5) is 19.3 Å². The maximum atomic E-state index is 13.5. The molecule has 0 aliphatic carbocycles. The van der Waals surface area contributed by atoms with Gasteiger partial charge in [-0.3, -0.25) is 4.79 Å². The topological polar surface area (TPSA) is 69.6 Å². The van der Waals surface area contributed by atoms with E-state index in [-0.39, 0.29) is 29.7 Å². The van der Waals surface area contributed by atoms with E-state index in [2.05, 4.69) is 5.32 Å². The van der Waals surface area contributed by atoms with Crippen LogP contribution in [0, 0.1) is 23.5 Å². The van der Waals surface area contributed by atoms with Crippen molar-refractivity contribution in [2.75, 3.05) is 18.4 Å². The van der Waals surface area contributed by atoms with Crippen LogP contribution in [0.5, 0.6) is 0 Å². The number of amides is 2. The van der Waals surface area contributed by atoms with Crippen LogP contribution in [0.1, 0.15) is 6.92 Å². The minimum atomic E-state index is -0.968. The number of carboxylic acids is 1. The Balaban J connectivity index is 1.97. The second kappa shape index (κ2) is 5.85. The van der Waals surface area contributed by atoms with Crippen LogP contribution < -0.4 is 5.32 Å². The van der Waals surface area contributed by atoms with Crippen molar-refractivity contribution in [3.8, 4) is 0 Å². The first-order valence-corrected chi connectivity index (χ1v) is 6.60. The number of rotatable bonds is 3. The molecule has 1 fully saturated rings. The third kappa shape index (κ3) is 3.24. The van der Waals surface area contributed by atoms with E-state index in [9.17, 15) is 18.4 Å². The summed E-state index contributed by atoms with van der Waals surface area (Å²) in [6.07, 6.45) is 0. The molecule has 1 aliphatic rings. The summed E-state index contributed by atoms with van der Waals surface area (Å²) in [4.78, 5) is 24.0. The quantitative estimate of drug-likeness (QED) is 0.900. The lowest BCUT2D eigenvalue weighted by Crippen LogP contribution is -2.54. The Kier molecular flexibility index (Phi) is 4.32. The molecule has 1 aromatic carbocycles. The first-order chi connectivity index (χ1) is 9.79. The number of hydrogen-bond donors (Lipinski definition) is 2. The summed E-state index contributed by atoms with van der Waals surface area (Å²) in [5.74, 6) is -3.42.